The van der Waals surface area contributed by atoms with Crippen molar-refractivity contribution in [3.05, 3.63) is 28.8 Å². The van der Waals surface area contributed by atoms with Gasteiger partial charge in [0, 0.05) is 31.7 Å². The molecule has 0 spiro atoms. The topological polar surface area (TPSA) is 32.3 Å². The molecule has 0 bridgehead atoms. The van der Waals surface area contributed by atoms with Crippen LogP contribution in [0, 0.1) is 20.8 Å². The Morgan fingerprint density at radius 3 is 2.32 bits per heavy atom. The summed E-state index contributed by atoms with van der Waals surface area (Å²) < 4.78 is 0. The van der Waals surface area contributed by atoms with E-state index in [0.29, 0.717) is 6.42 Å². The van der Waals surface area contributed by atoms with Crippen LogP contribution in [-0.4, -0.2) is 30.4 Å². The maximum Gasteiger partial charge on any atom is 0.224 e. The molecule has 104 valence electrons. The van der Waals surface area contributed by atoms with E-state index in [4.69, 9.17) is 0 Å². The van der Waals surface area contributed by atoms with Crippen molar-refractivity contribution >= 4 is 11.6 Å². The largest absolute Gasteiger partial charge is 0.384 e. The highest BCUT2D eigenvalue weighted by molar-refractivity contribution is 5.77. The number of hydrogen-bond acceptors (Lipinski definition) is 2. The quantitative estimate of drug-likeness (QED) is 0.902. The molecule has 3 nitrogen and oxygen atoms in total. The number of anilines is 1. The van der Waals surface area contributed by atoms with Gasteiger partial charge in [-0.2, -0.15) is 0 Å². The van der Waals surface area contributed by atoms with Gasteiger partial charge in [-0.3, -0.25) is 4.79 Å². The number of amides is 1. The summed E-state index contributed by atoms with van der Waals surface area (Å²) in [4.78, 5) is 13.9. The van der Waals surface area contributed by atoms with E-state index in [2.05, 4.69) is 38.2 Å². The molecule has 1 aromatic carbocycles. The van der Waals surface area contributed by atoms with Crippen LogP contribution >= 0.6 is 0 Å². The van der Waals surface area contributed by atoms with Crippen molar-refractivity contribution in [3.8, 4) is 0 Å². The van der Waals surface area contributed by atoms with Crippen LogP contribution in [0.3, 0.4) is 0 Å². The van der Waals surface area contributed by atoms with E-state index in [1.807, 2.05) is 4.90 Å². The molecule has 0 atom stereocenters. The van der Waals surface area contributed by atoms with E-state index in [1.54, 1.807) is 0 Å². The second-order valence-corrected chi connectivity index (χ2v) is 5.54. The maximum atomic E-state index is 11.9. The van der Waals surface area contributed by atoms with E-state index in [0.717, 1.165) is 32.5 Å². The average Bonchev–Trinajstić information content (AvgIpc) is 2.85. The molecule has 1 amide bonds. The third-order valence-corrected chi connectivity index (χ3v) is 3.78. The van der Waals surface area contributed by atoms with Gasteiger partial charge in [0.1, 0.15) is 0 Å². The predicted molar refractivity (Wildman–Crippen MR) is 79.6 cm³/mol. The third-order valence-electron chi connectivity index (χ3n) is 3.78. The molecule has 1 heterocycles. The first-order valence-electron chi connectivity index (χ1n) is 7.17. The van der Waals surface area contributed by atoms with Crippen molar-refractivity contribution in [1.82, 2.24) is 4.90 Å². The van der Waals surface area contributed by atoms with Crippen LogP contribution in [0.4, 0.5) is 5.69 Å². The molecule has 3 heteroatoms. The summed E-state index contributed by atoms with van der Waals surface area (Å²) in [5.74, 6) is 0.285. The number of carbonyl (C=O) groups excluding carboxylic acids is 1. The summed E-state index contributed by atoms with van der Waals surface area (Å²) in [6.45, 7) is 8.96. The van der Waals surface area contributed by atoms with Crippen LogP contribution in [0.5, 0.6) is 0 Å². The number of hydrogen-bond donors (Lipinski definition) is 1. The zero-order chi connectivity index (χ0) is 13.8. The average molecular weight is 260 g/mol. The molecule has 1 aliphatic heterocycles. The highest BCUT2D eigenvalue weighted by Crippen LogP contribution is 2.21. The lowest BCUT2D eigenvalue weighted by Crippen LogP contribution is -2.29. The molecule has 1 N–H and O–H groups in total. The van der Waals surface area contributed by atoms with Crippen LogP contribution in [0.2, 0.25) is 0 Å². The molecule has 1 aromatic rings. The molecule has 1 fully saturated rings. The molecule has 1 aliphatic rings. The molecule has 2 rings (SSSR count). The van der Waals surface area contributed by atoms with E-state index in [9.17, 15) is 4.79 Å². The van der Waals surface area contributed by atoms with Crippen molar-refractivity contribution in [2.45, 2.75) is 40.0 Å². The minimum atomic E-state index is 0.285. The fourth-order valence-electron chi connectivity index (χ4n) is 2.88. The number of nitrogens with one attached hydrogen (secondary N) is 1. The first-order valence-corrected chi connectivity index (χ1v) is 7.17. The van der Waals surface area contributed by atoms with E-state index in [-0.39, 0.29) is 5.91 Å². The van der Waals surface area contributed by atoms with Gasteiger partial charge in [-0.25, -0.2) is 0 Å². The van der Waals surface area contributed by atoms with Crippen LogP contribution in [0.1, 0.15) is 36.0 Å². The number of aryl methyl sites for hydroxylation is 3. The van der Waals surface area contributed by atoms with E-state index >= 15 is 0 Å². The summed E-state index contributed by atoms with van der Waals surface area (Å²) in [6.07, 6.45) is 2.91. The van der Waals surface area contributed by atoms with Crippen LogP contribution < -0.4 is 5.32 Å². The summed E-state index contributed by atoms with van der Waals surface area (Å²) in [6, 6.07) is 4.36. The Bertz CT molecular complexity index is 439. The highest BCUT2D eigenvalue weighted by atomic mass is 16.2. The van der Waals surface area contributed by atoms with Gasteiger partial charge in [0.05, 0.1) is 0 Å². The second kappa shape index (κ2) is 6.09. The molecule has 0 saturated carbocycles. The van der Waals surface area contributed by atoms with Crippen molar-refractivity contribution in [3.63, 3.8) is 0 Å². The Labute approximate surface area is 116 Å². The summed E-state index contributed by atoms with van der Waals surface area (Å²) in [5, 5.41) is 3.42. The molecule has 1 saturated heterocycles. The lowest BCUT2D eigenvalue weighted by molar-refractivity contribution is -0.129. The zero-order valence-electron chi connectivity index (χ0n) is 12.3. The number of likely N-dealkylation sites (tertiary alicyclic amines) is 1. The zero-order valence-corrected chi connectivity index (χ0v) is 12.3. The lowest BCUT2D eigenvalue weighted by Gasteiger charge is -2.17. The van der Waals surface area contributed by atoms with Crippen molar-refractivity contribution in [2.75, 3.05) is 25.0 Å². The van der Waals surface area contributed by atoms with Crippen LogP contribution in [0.25, 0.3) is 0 Å². The third kappa shape index (κ3) is 3.49. The minimum absolute atomic E-state index is 0.285. The van der Waals surface area contributed by atoms with Gasteiger partial charge in [0.25, 0.3) is 0 Å². The molecule has 0 unspecified atom stereocenters. The normalized spacial score (nSPS) is 14.8. The van der Waals surface area contributed by atoms with Gasteiger partial charge in [-0.05, 0) is 44.7 Å². The summed E-state index contributed by atoms with van der Waals surface area (Å²) >= 11 is 0. The Morgan fingerprint density at radius 1 is 1.16 bits per heavy atom. The van der Waals surface area contributed by atoms with Crippen molar-refractivity contribution < 1.29 is 4.79 Å². The molecule has 0 radical (unpaired) electrons. The van der Waals surface area contributed by atoms with Gasteiger partial charge in [-0.1, -0.05) is 17.7 Å². The molecular formula is C16H24N2O. The predicted octanol–water partition coefficient (Wildman–Crippen LogP) is 3.04. The molecule has 0 aromatic heterocycles. The molecule has 19 heavy (non-hydrogen) atoms. The van der Waals surface area contributed by atoms with Gasteiger partial charge in [0.15, 0.2) is 0 Å². The molecular weight excluding hydrogens is 236 g/mol. The van der Waals surface area contributed by atoms with Crippen LogP contribution in [0.15, 0.2) is 12.1 Å². The fourth-order valence-corrected chi connectivity index (χ4v) is 2.88. The monoisotopic (exact) mass is 260 g/mol. The van der Waals surface area contributed by atoms with Gasteiger partial charge in [0.2, 0.25) is 5.91 Å². The standard InChI is InChI=1S/C16H24N2O/c1-12-10-13(2)16(14(3)11-12)17-7-6-15(19)18-8-4-5-9-18/h10-11,17H,4-9H2,1-3H3. The number of nitrogens with zero attached hydrogens (tertiary/aromatic N) is 1. The lowest BCUT2D eigenvalue weighted by atomic mass is 10.1. The smallest absolute Gasteiger partial charge is 0.224 e. The second-order valence-electron chi connectivity index (χ2n) is 5.54. The summed E-state index contributed by atoms with van der Waals surface area (Å²) in [7, 11) is 0. The summed E-state index contributed by atoms with van der Waals surface area (Å²) in [5.41, 5.74) is 4.98. The van der Waals surface area contributed by atoms with E-state index < -0.39 is 0 Å². The maximum absolute atomic E-state index is 11.9. The molecule has 0 aliphatic carbocycles. The van der Waals surface area contributed by atoms with Crippen LogP contribution in [-0.2, 0) is 4.79 Å². The van der Waals surface area contributed by atoms with Gasteiger partial charge >= 0.3 is 0 Å². The number of rotatable bonds is 4. The van der Waals surface area contributed by atoms with Crippen molar-refractivity contribution in [2.24, 2.45) is 0 Å². The Morgan fingerprint density at radius 2 is 1.74 bits per heavy atom. The van der Waals surface area contributed by atoms with Gasteiger partial charge < -0.3 is 10.2 Å². The minimum Gasteiger partial charge on any atom is -0.384 e. The highest BCUT2D eigenvalue weighted by Gasteiger charge is 2.17. The fraction of sp³-hybridized carbons (Fsp3) is 0.562. The Hall–Kier alpha value is -1.51. The number of carbonyl (C=O) groups is 1. The number of benzene rings is 1. The van der Waals surface area contributed by atoms with Crippen molar-refractivity contribution in [1.29, 1.82) is 0 Å². The SMILES string of the molecule is Cc1cc(C)c(NCCC(=O)N2CCCC2)c(C)c1. The van der Waals surface area contributed by atoms with E-state index in [1.165, 1.54) is 22.4 Å². The Kier molecular flexibility index (Phi) is 4.46. The first-order chi connectivity index (χ1) is 9.08. The first kappa shape index (κ1) is 13.9. The van der Waals surface area contributed by atoms with Gasteiger partial charge in [-0.15, -0.1) is 0 Å². The Balaban J connectivity index is 1.87.